The van der Waals surface area contributed by atoms with E-state index < -0.39 is 0 Å². The molecular formula is C24H28N4O2. The van der Waals surface area contributed by atoms with Crippen LogP contribution in [0.25, 0.3) is 11.0 Å². The van der Waals surface area contributed by atoms with E-state index in [0.717, 1.165) is 49.1 Å². The highest BCUT2D eigenvalue weighted by Gasteiger charge is 2.28. The summed E-state index contributed by atoms with van der Waals surface area (Å²) in [6.45, 7) is 3.93. The molecule has 2 heterocycles. The van der Waals surface area contributed by atoms with Gasteiger partial charge in [-0.1, -0.05) is 29.4 Å². The number of fused-ring (bicyclic) bond motifs is 1. The summed E-state index contributed by atoms with van der Waals surface area (Å²) in [5.74, 6) is 1.91. The van der Waals surface area contributed by atoms with E-state index in [1.165, 1.54) is 0 Å². The lowest BCUT2D eigenvalue weighted by molar-refractivity contribution is 0.101. The van der Waals surface area contributed by atoms with E-state index in [-0.39, 0.29) is 6.10 Å². The molecule has 1 N–H and O–H groups in total. The molecule has 0 amide bonds. The Morgan fingerprint density at radius 1 is 1.23 bits per heavy atom. The van der Waals surface area contributed by atoms with Crippen LogP contribution in [-0.2, 0) is 0 Å². The molecule has 0 spiro atoms. The molecule has 4 rings (SSSR count). The maximum Gasteiger partial charge on any atom is 0.179 e. The molecule has 1 fully saturated rings. The summed E-state index contributed by atoms with van der Waals surface area (Å²) in [5.41, 5.74) is 1.37. The third kappa shape index (κ3) is 4.42. The van der Waals surface area contributed by atoms with Crippen LogP contribution >= 0.6 is 0 Å². The van der Waals surface area contributed by atoms with Crippen LogP contribution in [0.4, 0.5) is 5.82 Å². The molecule has 0 saturated carbocycles. The van der Waals surface area contributed by atoms with Crippen molar-refractivity contribution in [3.63, 3.8) is 0 Å². The summed E-state index contributed by atoms with van der Waals surface area (Å²) in [6.07, 6.45) is 3.09. The van der Waals surface area contributed by atoms with Gasteiger partial charge >= 0.3 is 0 Å². The van der Waals surface area contributed by atoms with Gasteiger partial charge in [0, 0.05) is 38.5 Å². The molecular weight excluding hydrogens is 376 g/mol. The van der Waals surface area contributed by atoms with Crippen LogP contribution in [0, 0.1) is 17.2 Å². The van der Waals surface area contributed by atoms with Crippen LogP contribution in [0.5, 0.6) is 5.75 Å². The Kier molecular flexibility index (Phi) is 6.20. The van der Waals surface area contributed by atoms with E-state index in [1.807, 2.05) is 49.5 Å². The molecule has 0 bridgehead atoms. The molecule has 1 aliphatic rings. The van der Waals surface area contributed by atoms with Crippen LogP contribution in [0.2, 0.25) is 0 Å². The van der Waals surface area contributed by atoms with Gasteiger partial charge in [-0.05, 0) is 44.0 Å². The fourth-order valence-corrected chi connectivity index (χ4v) is 4.13. The van der Waals surface area contributed by atoms with Crippen molar-refractivity contribution in [2.24, 2.45) is 5.92 Å². The standard InChI is InChI=1S/C24H28N4O2/c1-17-11-12-19(16-26-17)22(29-21-9-5-3-7-18(21)15-25)13-14-28(2)24-20-8-4-6-10-23(20)30-27-24/h3-10,17,19,22,26H,11-14,16H2,1-2H3. The highest BCUT2D eigenvalue weighted by Crippen LogP contribution is 2.29. The lowest BCUT2D eigenvalue weighted by Gasteiger charge is -2.34. The average Bonchev–Trinajstić information content (AvgIpc) is 3.21. The molecule has 6 heteroatoms. The summed E-state index contributed by atoms with van der Waals surface area (Å²) >= 11 is 0. The summed E-state index contributed by atoms with van der Waals surface area (Å²) in [6, 6.07) is 18.2. The van der Waals surface area contributed by atoms with Crippen molar-refractivity contribution in [1.82, 2.24) is 10.5 Å². The van der Waals surface area contributed by atoms with Crippen molar-refractivity contribution >= 4 is 16.8 Å². The first-order chi connectivity index (χ1) is 14.7. The van der Waals surface area contributed by atoms with Gasteiger partial charge in [-0.15, -0.1) is 0 Å². The van der Waals surface area contributed by atoms with Gasteiger partial charge in [-0.3, -0.25) is 0 Å². The number of piperidine rings is 1. The van der Waals surface area contributed by atoms with Gasteiger partial charge < -0.3 is 19.5 Å². The topological polar surface area (TPSA) is 74.3 Å². The molecule has 30 heavy (non-hydrogen) atoms. The molecule has 6 nitrogen and oxygen atoms in total. The van der Waals surface area contributed by atoms with Crippen LogP contribution in [0.1, 0.15) is 31.7 Å². The molecule has 1 aliphatic heterocycles. The second-order valence-electron chi connectivity index (χ2n) is 8.12. The molecule has 3 aromatic rings. The fourth-order valence-electron chi connectivity index (χ4n) is 4.13. The van der Waals surface area contributed by atoms with E-state index in [9.17, 15) is 5.26 Å². The van der Waals surface area contributed by atoms with Crippen LogP contribution < -0.4 is 15.0 Å². The van der Waals surface area contributed by atoms with Crippen molar-refractivity contribution in [3.8, 4) is 11.8 Å². The van der Waals surface area contributed by atoms with E-state index >= 15 is 0 Å². The lowest BCUT2D eigenvalue weighted by atomic mass is 9.89. The number of nitriles is 1. The fraction of sp³-hybridized carbons (Fsp3) is 0.417. The maximum atomic E-state index is 9.45. The number of rotatable bonds is 7. The SMILES string of the molecule is CC1CCC(C(CCN(C)c2noc3ccccc23)Oc2ccccc2C#N)CN1. The summed E-state index contributed by atoms with van der Waals surface area (Å²) in [4.78, 5) is 2.12. The summed E-state index contributed by atoms with van der Waals surface area (Å²) in [5, 5.41) is 18.3. The van der Waals surface area contributed by atoms with Gasteiger partial charge in [0.2, 0.25) is 0 Å². The number of hydrogen-bond donors (Lipinski definition) is 1. The highest BCUT2D eigenvalue weighted by atomic mass is 16.5. The quantitative estimate of drug-likeness (QED) is 0.631. The Bertz CT molecular complexity index is 1020. The molecule has 0 aliphatic carbocycles. The second-order valence-corrected chi connectivity index (χ2v) is 8.12. The highest BCUT2D eigenvalue weighted by molar-refractivity contribution is 5.88. The molecule has 1 aromatic heterocycles. The van der Waals surface area contributed by atoms with Crippen molar-refractivity contribution in [2.45, 2.75) is 38.3 Å². The molecule has 2 aromatic carbocycles. The Labute approximate surface area is 177 Å². The average molecular weight is 405 g/mol. The normalized spacial score (nSPS) is 19.9. The van der Waals surface area contributed by atoms with Crippen molar-refractivity contribution < 1.29 is 9.26 Å². The Morgan fingerprint density at radius 3 is 2.83 bits per heavy atom. The minimum absolute atomic E-state index is 0.0140. The van der Waals surface area contributed by atoms with Gasteiger partial charge in [0.15, 0.2) is 11.4 Å². The number of benzene rings is 2. The maximum absolute atomic E-state index is 9.45. The van der Waals surface area contributed by atoms with E-state index in [1.54, 1.807) is 6.07 Å². The Hall–Kier alpha value is -3.04. The van der Waals surface area contributed by atoms with Crippen LogP contribution in [-0.4, -0.2) is 37.4 Å². The number of ether oxygens (including phenoxy) is 1. The number of anilines is 1. The van der Waals surface area contributed by atoms with E-state index in [2.05, 4.69) is 28.4 Å². The third-order valence-electron chi connectivity index (χ3n) is 5.98. The third-order valence-corrected chi connectivity index (χ3v) is 5.98. The number of aromatic nitrogens is 1. The second kappa shape index (κ2) is 9.19. The van der Waals surface area contributed by atoms with Gasteiger partial charge in [0.1, 0.15) is 17.9 Å². The van der Waals surface area contributed by atoms with Gasteiger partial charge in [-0.2, -0.15) is 5.26 Å². The minimum atomic E-state index is 0.0140. The van der Waals surface area contributed by atoms with Crippen LogP contribution in [0.3, 0.4) is 0 Å². The molecule has 156 valence electrons. The first-order valence-electron chi connectivity index (χ1n) is 10.6. The Balaban J connectivity index is 1.50. The zero-order valence-corrected chi connectivity index (χ0v) is 17.5. The van der Waals surface area contributed by atoms with E-state index in [0.29, 0.717) is 23.3 Å². The Morgan fingerprint density at radius 2 is 2.03 bits per heavy atom. The number of para-hydroxylation sites is 2. The smallest absolute Gasteiger partial charge is 0.179 e. The predicted octanol–water partition coefficient (Wildman–Crippen LogP) is 4.36. The zero-order valence-electron chi connectivity index (χ0n) is 17.5. The monoisotopic (exact) mass is 404 g/mol. The number of nitrogens with zero attached hydrogens (tertiary/aromatic N) is 3. The number of hydrogen-bond acceptors (Lipinski definition) is 6. The first-order valence-corrected chi connectivity index (χ1v) is 10.6. The van der Waals surface area contributed by atoms with Crippen molar-refractivity contribution in [3.05, 3.63) is 54.1 Å². The first kappa shape index (κ1) is 20.2. The molecule has 3 atom stereocenters. The molecule has 3 unspecified atom stereocenters. The van der Waals surface area contributed by atoms with Gasteiger partial charge in [0.25, 0.3) is 0 Å². The van der Waals surface area contributed by atoms with Crippen molar-refractivity contribution in [2.75, 3.05) is 25.0 Å². The van der Waals surface area contributed by atoms with E-state index in [4.69, 9.17) is 9.26 Å². The van der Waals surface area contributed by atoms with Gasteiger partial charge in [-0.25, -0.2) is 0 Å². The predicted molar refractivity (Wildman–Crippen MR) is 118 cm³/mol. The summed E-state index contributed by atoms with van der Waals surface area (Å²) in [7, 11) is 2.03. The lowest BCUT2D eigenvalue weighted by Crippen LogP contribution is -2.44. The zero-order chi connectivity index (χ0) is 20.9. The molecule has 0 radical (unpaired) electrons. The van der Waals surface area contributed by atoms with Crippen molar-refractivity contribution in [1.29, 1.82) is 5.26 Å². The van der Waals surface area contributed by atoms with Gasteiger partial charge in [0.05, 0.1) is 10.9 Å². The number of nitrogens with one attached hydrogen (secondary N) is 1. The largest absolute Gasteiger partial charge is 0.489 e. The molecule has 1 saturated heterocycles. The summed E-state index contributed by atoms with van der Waals surface area (Å²) < 4.78 is 11.9. The minimum Gasteiger partial charge on any atom is -0.489 e. The van der Waals surface area contributed by atoms with Crippen LogP contribution in [0.15, 0.2) is 53.1 Å².